The van der Waals surface area contributed by atoms with Gasteiger partial charge in [-0.05, 0) is 25.0 Å². The Hall–Kier alpha value is -2.24. The average molecular weight is 249 g/mol. The van der Waals surface area contributed by atoms with Crippen LogP contribution in [0.1, 0.15) is 12.8 Å². The van der Waals surface area contributed by atoms with Crippen molar-refractivity contribution in [3.63, 3.8) is 0 Å². The van der Waals surface area contributed by atoms with E-state index in [0.29, 0.717) is 13.0 Å². The highest BCUT2D eigenvalue weighted by atomic mass is 16.4. The van der Waals surface area contributed by atoms with Gasteiger partial charge in [0.15, 0.2) is 0 Å². The van der Waals surface area contributed by atoms with E-state index in [2.05, 4.69) is 10.9 Å². The summed E-state index contributed by atoms with van der Waals surface area (Å²) in [6, 6.07) is 8.57. The second-order valence-corrected chi connectivity index (χ2v) is 4.11. The predicted octanol–water partition coefficient (Wildman–Crippen LogP) is 1.27. The number of carboxylic acid groups (broad SMARTS) is 1. The Bertz CT molecular complexity index is 435. The fraction of sp³-hybridized carbons (Fsp3) is 0.333. The average Bonchev–Trinajstić information content (AvgIpc) is 2.86. The number of hydrazine groups is 1. The van der Waals surface area contributed by atoms with E-state index in [1.54, 1.807) is 0 Å². The topological polar surface area (TPSA) is 81.7 Å². The SMILES string of the molecule is O=C(NNc1ccccc1)C1CCCN1C(=O)O. The minimum Gasteiger partial charge on any atom is -0.465 e. The van der Waals surface area contributed by atoms with Crippen molar-refractivity contribution in [3.05, 3.63) is 30.3 Å². The maximum Gasteiger partial charge on any atom is 0.407 e. The molecule has 1 aliphatic heterocycles. The van der Waals surface area contributed by atoms with Crippen LogP contribution in [-0.4, -0.2) is 34.6 Å². The molecule has 1 saturated heterocycles. The summed E-state index contributed by atoms with van der Waals surface area (Å²) >= 11 is 0. The molecule has 0 aromatic heterocycles. The number of amides is 2. The molecule has 6 nitrogen and oxygen atoms in total. The third-order valence-electron chi connectivity index (χ3n) is 2.90. The zero-order valence-corrected chi connectivity index (χ0v) is 9.80. The molecule has 3 N–H and O–H groups in total. The molecule has 0 bridgehead atoms. The number of hydrogen-bond donors (Lipinski definition) is 3. The minimum atomic E-state index is -1.05. The Kier molecular flexibility index (Phi) is 3.66. The summed E-state index contributed by atoms with van der Waals surface area (Å²) in [6.45, 7) is 0.415. The molecule has 96 valence electrons. The summed E-state index contributed by atoms with van der Waals surface area (Å²) in [5, 5.41) is 8.94. The first-order valence-corrected chi connectivity index (χ1v) is 5.79. The number of nitrogens with one attached hydrogen (secondary N) is 2. The van der Waals surface area contributed by atoms with Crippen LogP contribution in [0.5, 0.6) is 0 Å². The molecule has 1 heterocycles. The number of likely N-dealkylation sites (tertiary alicyclic amines) is 1. The zero-order valence-electron chi connectivity index (χ0n) is 9.80. The lowest BCUT2D eigenvalue weighted by Gasteiger charge is -2.21. The van der Waals surface area contributed by atoms with Gasteiger partial charge in [0.05, 0.1) is 5.69 Å². The molecule has 2 rings (SSSR count). The van der Waals surface area contributed by atoms with Crippen LogP contribution in [0.15, 0.2) is 30.3 Å². The third-order valence-corrected chi connectivity index (χ3v) is 2.90. The minimum absolute atomic E-state index is 0.321. The van der Waals surface area contributed by atoms with Crippen LogP contribution in [0.3, 0.4) is 0 Å². The molecule has 1 atom stereocenters. The van der Waals surface area contributed by atoms with Gasteiger partial charge < -0.3 is 5.11 Å². The van der Waals surface area contributed by atoms with Crippen molar-refractivity contribution < 1.29 is 14.7 Å². The molecule has 0 spiro atoms. The van der Waals surface area contributed by atoms with Gasteiger partial charge in [0.2, 0.25) is 0 Å². The molecule has 1 fully saturated rings. The highest BCUT2D eigenvalue weighted by molar-refractivity contribution is 5.86. The second-order valence-electron chi connectivity index (χ2n) is 4.11. The van der Waals surface area contributed by atoms with Crippen LogP contribution in [-0.2, 0) is 4.79 Å². The molecule has 6 heteroatoms. The number of carbonyl (C=O) groups excluding carboxylic acids is 1. The molecule has 2 amide bonds. The van der Waals surface area contributed by atoms with Crippen LogP contribution >= 0.6 is 0 Å². The van der Waals surface area contributed by atoms with Gasteiger partial charge in [-0.25, -0.2) is 4.79 Å². The van der Waals surface area contributed by atoms with Crippen molar-refractivity contribution >= 4 is 17.7 Å². The molecule has 0 saturated carbocycles. The number of rotatable bonds is 3. The van der Waals surface area contributed by atoms with Crippen molar-refractivity contribution in [2.45, 2.75) is 18.9 Å². The van der Waals surface area contributed by atoms with Crippen molar-refractivity contribution in [1.82, 2.24) is 10.3 Å². The number of benzene rings is 1. The Balaban J connectivity index is 1.90. The summed E-state index contributed by atoms with van der Waals surface area (Å²) in [6.07, 6.45) is 0.233. The summed E-state index contributed by atoms with van der Waals surface area (Å²) in [7, 11) is 0. The van der Waals surface area contributed by atoms with E-state index in [-0.39, 0.29) is 5.91 Å². The second kappa shape index (κ2) is 5.39. The number of anilines is 1. The predicted molar refractivity (Wildman–Crippen MR) is 66.0 cm³/mol. The number of nitrogens with zero attached hydrogens (tertiary/aromatic N) is 1. The molecule has 18 heavy (non-hydrogen) atoms. The van der Waals surface area contributed by atoms with Gasteiger partial charge in [-0.15, -0.1) is 0 Å². The standard InChI is InChI=1S/C12H15N3O3/c16-11(10-7-4-8-15(10)12(17)18)14-13-9-5-2-1-3-6-9/h1-3,5-6,10,13H,4,7-8H2,(H,14,16)(H,17,18). The Morgan fingerprint density at radius 3 is 2.67 bits per heavy atom. The van der Waals surface area contributed by atoms with Gasteiger partial charge in [-0.1, -0.05) is 18.2 Å². The van der Waals surface area contributed by atoms with E-state index in [9.17, 15) is 9.59 Å². The van der Waals surface area contributed by atoms with E-state index in [1.165, 1.54) is 4.90 Å². The first-order chi connectivity index (χ1) is 8.68. The van der Waals surface area contributed by atoms with Gasteiger partial charge in [0.25, 0.3) is 5.91 Å². The quantitative estimate of drug-likeness (QED) is 0.705. The van der Waals surface area contributed by atoms with Crippen LogP contribution in [0.4, 0.5) is 10.5 Å². The Morgan fingerprint density at radius 2 is 2.00 bits per heavy atom. The van der Waals surface area contributed by atoms with E-state index < -0.39 is 12.1 Å². The molecule has 0 radical (unpaired) electrons. The zero-order chi connectivity index (χ0) is 13.0. The first kappa shape index (κ1) is 12.2. The van der Waals surface area contributed by atoms with Crippen LogP contribution in [0.25, 0.3) is 0 Å². The third kappa shape index (κ3) is 2.71. The largest absolute Gasteiger partial charge is 0.465 e. The molecule has 1 aliphatic rings. The highest BCUT2D eigenvalue weighted by Gasteiger charge is 2.33. The van der Waals surface area contributed by atoms with Crippen LogP contribution < -0.4 is 10.9 Å². The van der Waals surface area contributed by atoms with Crippen molar-refractivity contribution in [2.75, 3.05) is 12.0 Å². The van der Waals surface area contributed by atoms with E-state index in [1.807, 2.05) is 30.3 Å². The van der Waals surface area contributed by atoms with Gasteiger partial charge in [0, 0.05) is 6.54 Å². The summed E-state index contributed by atoms with van der Waals surface area (Å²) in [5.74, 6) is -0.321. The summed E-state index contributed by atoms with van der Waals surface area (Å²) < 4.78 is 0. The van der Waals surface area contributed by atoms with E-state index in [4.69, 9.17) is 5.11 Å². The number of hydrogen-bond acceptors (Lipinski definition) is 3. The van der Waals surface area contributed by atoms with Crippen LogP contribution in [0.2, 0.25) is 0 Å². The molecule has 1 aromatic carbocycles. The smallest absolute Gasteiger partial charge is 0.407 e. The lowest BCUT2D eigenvalue weighted by Crippen LogP contribution is -2.47. The van der Waals surface area contributed by atoms with Gasteiger partial charge in [0.1, 0.15) is 6.04 Å². The lowest BCUT2D eigenvalue weighted by molar-refractivity contribution is -0.124. The summed E-state index contributed by atoms with van der Waals surface area (Å²) in [5.41, 5.74) is 6.05. The Labute approximate surface area is 105 Å². The maximum absolute atomic E-state index is 11.9. The molecular formula is C12H15N3O3. The summed E-state index contributed by atoms with van der Waals surface area (Å²) in [4.78, 5) is 23.9. The normalized spacial score (nSPS) is 18.4. The van der Waals surface area contributed by atoms with Gasteiger partial charge >= 0.3 is 6.09 Å². The lowest BCUT2D eigenvalue weighted by atomic mass is 10.2. The Morgan fingerprint density at radius 1 is 1.28 bits per heavy atom. The van der Waals surface area contributed by atoms with Crippen molar-refractivity contribution in [2.24, 2.45) is 0 Å². The maximum atomic E-state index is 11.9. The molecule has 1 unspecified atom stereocenters. The number of carbonyl (C=O) groups is 2. The van der Waals surface area contributed by atoms with E-state index >= 15 is 0 Å². The number of para-hydroxylation sites is 1. The van der Waals surface area contributed by atoms with Gasteiger partial charge in [-0.3, -0.25) is 20.5 Å². The molecular weight excluding hydrogens is 234 g/mol. The first-order valence-electron chi connectivity index (χ1n) is 5.79. The van der Waals surface area contributed by atoms with Crippen LogP contribution in [0, 0.1) is 0 Å². The van der Waals surface area contributed by atoms with Crippen molar-refractivity contribution in [1.29, 1.82) is 0 Å². The monoisotopic (exact) mass is 249 g/mol. The fourth-order valence-electron chi connectivity index (χ4n) is 2.01. The fourth-order valence-corrected chi connectivity index (χ4v) is 2.01. The highest BCUT2D eigenvalue weighted by Crippen LogP contribution is 2.17. The van der Waals surface area contributed by atoms with Gasteiger partial charge in [-0.2, -0.15) is 0 Å². The van der Waals surface area contributed by atoms with Crippen molar-refractivity contribution in [3.8, 4) is 0 Å². The van der Waals surface area contributed by atoms with E-state index in [0.717, 1.165) is 12.1 Å². The molecule has 0 aliphatic carbocycles. The molecule has 1 aromatic rings.